The number of halogens is 1. The van der Waals surface area contributed by atoms with Crippen LogP contribution < -0.4 is 4.72 Å². The Morgan fingerprint density at radius 2 is 2.10 bits per heavy atom. The summed E-state index contributed by atoms with van der Waals surface area (Å²) < 4.78 is 34.0. The average Bonchev–Trinajstić information content (AvgIpc) is 2.38. The van der Waals surface area contributed by atoms with Crippen LogP contribution in [-0.4, -0.2) is 38.5 Å². The summed E-state index contributed by atoms with van der Waals surface area (Å²) in [6.07, 6.45) is -0.332. The molecule has 1 unspecified atom stereocenters. The first-order chi connectivity index (χ1) is 9.40. The van der Waals surface area contributed by atoms with E-state index in [1.807, 2.05) is 18.2 Å². The van der Waals surface area contributed by atoms with Crippen LogP contribution in [0.15, 0.2) is 24.3 Å². The summed E-state index contributed by atoms with van der Waals surface area (Å²) >= 11 is 6.14. The van der Waals surface area contributed by atoms with Crippen molar-refractivity contribution in [2.45, 2.75) is 26.0 Å². The van der Waals surface area contributed by atoms with Crippen molar-refractivity contribution in [1.29, 1.82) is 0 Å². The Kier molecular flexibility index (Phi) is 5.04. The Morgan fingerprint density at radius 3 is 2.75 bits per heavy atom. The van der Waals surface area contributed by atoms with E-state index < -0.39 is 10.2 Å². The van der Waals surface area contributed by atoms with Gasteiger partial charge < -0.3 is 4.74 Å². The van der Waals surface area contributed by atoms with Crippen LogP contribution in [0, 0.1) is 0 Å². The lowest BCUT2D eigenvalue weighted by Gasteiger charge is -2.33. The predicted octanol–water partition coefficient (Wildman–Crippen LogP) is 1.96. The molecule has 0 aliphatic carbocycles. The van der Waals surface area contributed by atoms with Gasteiger partial charge in [-0.05, 0) is 19.9 Å². The van der Waals surface area contributed by atoms with Gasteiger partial charge >= 0.3 is 0 Å². The van der Waals surface area contributed by atoms with E-state index in [9.17, 15) is 8.42 Å². The Hall–Kier alpha value is -0.660. The number of hydrogen-bond donors (Lipinski definition) is 1. The van der Waals surface area contributed by atoms with Crippen LogP contribution in [0.4, 0.5) is 0 Å². The second-order valence-electron chi connectivity index (χ2n) is 5.02. The minimum atomic E-state index is -3.48. The first kappa shape index (κ1) is 15.7. The van der Waals surface area contributed by atoms with Gasteiger partial charge in [-0.1, -0.05) is 29.8 Å². The molecular formula is C13H19ClN2O3S. The minimum Gasteiger partial charge on any atom is -0.371 e. The lowest BCUT2D eigenvalue weighted by atomic mass is 10.1. The monoisotopic (exact) mass is 318 g/mol. The Labute approximate surface area is 125 Å². The molecule has 0 radical (unpaired) electrons. The van der Waals surface area contributed by atoms with Gasteiger partial charge in [0.2, 0.25) is 0 Å². The maximum atomic E-state index is 12.2. The highest BCUT2D eigenvalue weighted by Gasteiger charge is 2.31. The lowest BCUT2D eigenvalue weighted by molar-refractivity contribution is -0.00293. The fourth-order valence-corrected chi connectivity index (χ4v) is 3.79. The topological polar surface area (TPSA) is 58.6 Å². The summed E-state index contributed by atoms with van der Waals surface area (Å²) in [4.78, 5) is 0. The highest BCUT2D eigenvalue weighted by atomic mass is 35.5. The van der Waals surface area contributed by atoms with Crippen molar-refractivity contribution in [3.8, 4) is 0 Å². The SMILES string of the molecule is CC(C)NS(=O)(=O)N1CCOC(c2ccccc2Cl)C1. The van der Waals surface area contributed by atoms with Gasteiger partial charge in [-0.15, -0.1) is 0 Å². The van der Waals surface area contributed by atoms with Crippen molar-refractivity contribution >= 4 is 21.8 Å². The van der Waals surface area contributed by atoms with Crippen LogP contribution in [0.2, 0.25) is 5.02 Å². The summed E-state index contributed by atoms with van der Waals surface area (Å²) in [6, 6.07) is 7.20. The van der Waals surface area contributed by atoms with E-state index in [2.05, 4.69) is 4.72 Å². The molecule has 1 aromatic carbocycles. The number of hydrogen-bond acceptors (Lipinski definition) is 3. The van der Waals surface area contributed by atoms with Gasteiger partial charge in [0.25, 0.3) is 10.2 Å². The van der Waals surface area contributed by atoms with Crippen LogP contribution in [-0.2, 0) is 14.9 Å². The summed E-state index contributed by atoms with van der Waals surface area (Å²) in [5, 5.41) is 0.591. The molecule has 1 fully saturated rings. The Bertz CT molecular complexity index is 562. The van der Waals surface area contributed by atoms with Crippen molar-refractivity contribution in [2.24, 2.45) is 0 Å². The average molecular weight is 319 g/mol. The normalized spacial score (nSPS) is 21.3. The quantitative estimate of drug-likeness (QED) is 0.923. The van der Waals surface area contributed by atoms with E-state index in [-0.39, 0.29) is 18.7 Å². The Balaban J connectivity index is 2.15. The largest absolute Gasteiger partial charge is 0.371 e. The maximum Gasteiger partial charge on any atom is 0.279 e. The first-order valence-corrected chi connectivity index (χ1v) is 8.35. The molecular weight excluding hydrogens is 300 g/mol. The molecule has 1 aliphatic heterocycles. The molecule has 0 bridgehead atoms. The molecule has 2 rings (SSSR count). The summed E-state index contributed by atoms with van der Waals surface area (Å²) in [5.41, 5.74) is 0.818. The van der Waals surface area contributed by atoms with Crippen LogP contribution in [0.5, 0.6) is 0 Å². The molecule has 7 heteroatoms. The number of ether oxygens (including phenoxy) is 1. The molecule has 1 heterocycles. The lowest BCUT2D eigenvalue weighted by Crippen LogP contribution is -2.49. The third kappa shape index (κ3) is 3.71. The van der Waals surface area contributed by atoms with Crippen molar-refractivity contribution in [2.75, 3.05) is 19.7 Å². The van der Waals surface area contributed by atoms with E-state index in [0.29, 0.717) is 18.2 Å². The number of nitrogens with one attached hydrogen (secondary N) is 1. The molecule has 5 nitrogen and oxygen atoms in total. The fourth-order valence-electron chi connectivity index (χ4n) is 2.14. The van der Waals surface area contributed by atoms with Gasteiger partial charge in [-0.3, -0.25) is 0 Å². The van der Waals surface area contributed by atoms with Gasteiger partial charge in [-0.25, -0.2) is 0 Å². The predicted molar refractivity (Wildman–Crippen MR) is 78.9 cm³/mol. The summed E-state index contributed by atoms with van der Waals surface area (Å²) in [5.74, 6) is 0. The number of rotatable bonds is 4. The number of benzene rings is 1. The van der Waals surface area contributed by atoms with Gasteiger partial charge in [0.1, 0.15) is 0 Å². The molecule has 0 aromatic heterocycles. The van der Waals surface area contributed by atoms with E-state index in [1.54, 1.807) is 19.9 Å². The van der Waals surface area contributed by atoms with Gasteiger partial charge in [0.05, 0.1) is 12.7 Å². The second kappa shape index (κ2) is 6.41. The molecule has 0 amide bonds. The highest BCUT2D eigenvalue weighted by Crippen LogP contribution is 2.28. The van der Waals surface area contributed by atoms with Gasteiger partial charge in [0, 0.05) is 29.7 Å². The smallest absolute Gasteiger partial charge is 0.279 e. The zero-order valence-electron chi connectivity index (χ0n) is 11.5. The number of morpholine rings is 1. The number of nitrogens with zero attached hydrogens (tertiary/aromatic N) is 1. The zero-order valence-corrected chi connectivity index (χ0v) is 13.1. The maximum absolute atomic E-state index is 12.2. The molecule has 1 N–H and O–H groups in total. The Morgan fingerprint density at radius 1 is 1.40 bits per heavy atom. The molecule has 20 heavy (non-hydrogen) atoms. The minimum absolute atomic E-state index is 0.137. The van der Waals surface area contributed by atoms with E-state index in [0.717, 1.165) is 5.56 Å². The highest BCUT2D eigenvalue weighted by molar-refractivity contribution is 7.87. The molecule has 1 saturated heterocycles. The standard InChI is InChI=1S/C13H19ClN2O3S/c1-10(2)15-20(17,18)16-7-8-19-13(9-16)11-5-3-4-6-12(11)14/h3-6,10,13,15H,7-9H2,1-2H3. The first-order valence-electron chi connectivity index (χ1n) is 6.53. The third-order valence-electron chi connectivity index (χ3n) is 3.01. The molecule has 1 aromatic rings. The van der Waals surface area contributed by atoms with Crippen LogP contribution in [0.25, 0.3) is 0 Å². The molecule has 0 saturated carbocycles. The third-order valence-corrected chi connectivity index (χ3v) is 5.13. The molecule has 0 spiro atoms. The summed E-state index contributed by atoms with van der Waals surface area (Å²) in [7, 11) is -3.48. The van der Waals surface area contributed by atoms with Gasteiger partial charge in [0.15, 0.2) is 0 Å². The van der Waals surface area contributed by atoms with Crippen LogP contribution in [0.1, 0.15) is 25.5 Å². The fraction of sp³-hybridized carbons (Fsp3) is 0.538. The second-order valence-corrected chi connectivity index (χ2v) is 7.13. The van der Waals surface area contributed by atoms with Crippen LogP contribution in [0.3, 0.4) is 0 Å². The van der Waals surface area contributed by atoms with E-state index in [4.69, 9.17) is 16.3 Å². The van der Waals surface area contributed by atoms with E-state index in [1.165, 1.54) is 4.31 Å². The van der Waals surface area contributed by atoms with Crippen molar-refractivity contribution in [3.63, 3.8) is 0 Å². The zero-order chi connectivity index (χ0) is 14.8. The van der Waals surface area contributed by atoms with Crippen molar-refractivity contribution in [3.05, 3.63) is 34.9 Å². The van der Waals surface area contributed by atoms with E-state index >= 15 is 0 Å². The summed E-state index contributed by atoms with van der Waals surface area (Å²) in [6.45, 7) is 4.57. The van der Waals surface area contributed by atoms with Crippen molar-refractivity contribution in [1.82, 2.24) is 9.03 Å². The molecule has 112 valence electrons. The van der Waals surface area contributed by atoms with Gasteiger partial charge in [-0.2, -0.15) is 17.4 Å². The molecule has 1 aliphatic rings. The van der Waals surface area contributed by atoms with Crippen molar-refractivity contribution < 1.29 is 13.2 Å². The van der Waals surface area contributed by atoms with Crippen LogP contribution >= 0.6 is 11.6 Å². The molecule has 1 atom stereocenters.